The summed E-state index contributed by atoms with van der Waals surface area (Å²) in [6.07, 6.45) is 0.969. The van der Waals surface area contributed by atoms with Crippen molar-refractivity contribution < 1.29 is 46.5 Å². The van der Waals surface area contributed by atoms with Crippen LogP contribution in [0.25, 0.3) is 5.69 Å². The van der Waals surface area contributed by atoms with E-state index in [0.29, 0.717) is 17.1 Å². The van der Waals surface area contributed by atoms with Crippen molar-refractivity contribution in [2.45, 2.75) is 51.2 Å². The molecule has 1 aliphatic rings. The van der Waals surface area contributed by atoms with Crippen LogP contribution in [0.1, 0.15) is 51.6 Å². The fourth-order valence-corrected chi connectivity index (χ4v) is 6.17. The average molecular weight is 827 g/mol. The normalized spacial score (nSPS) is 12.5. The van der Waals surface area contributed by atoms with Gasteiger partial charge in [0.2, 0.25) is 11.5 Å². The molecule has 4 aromatic rings. The smallest absolute Gasteiger partial charge is 0.350 e. The van der Waals surface area contributed by atoms with Crippen LogP contribution in [-0.2, 0) is 40.8 Å². The highest BCUT2D eigenvalue weighted by atomic mass is 35.5. The number of nitrogens with one attached hydrogen (secondary N) is 2. The third kappa shape index (κ3) is 11.0. The molecule has 0 atom stereocenters. The van der Waals surface area contributed by atoms with Gasteiger partial charge >= 0.3 is 29.6 Å². The predicted molar refractivity (Wildman–Crippen MR) is 205 cm³/mol. The summed E-state index contributed by atoms with van der Waals surface area (Å²) >= 11 is 6.11. The van der Waals surface area contributed by atoms with Gasteiger partial charge in [-0.2, -0.15) is 0 Å². The topological polar surface area (TPSA) is 233 Å². The highest BCUT2D eigenvalue weighted by Gasteiger charge is 2.35. The molecule has 18 nitrogen and oxygen atoms in total. The van der Waals surface area contributed by atoms with E-state index >= 15 is 0 Å². The molecule has 0 aliphatic carbocycles. The van der Waals surface area contributed by atoms with Gasteiger partial charge in [-0.1, -0.05) is 36.4 Å². The minimum absolute atomic E-state index is 0.0321. The van der Waals surface area contributed by atoms with Crippen molar-refractivity contribution in [1.82, 2.24) is 23.8 Å². The van der Waals surface area contributed by atoms with Crippen LogP contribution < -0.4 is 21.3 Å². The van der Waals surface area contributed by atoms with Crippen LogP contribution in [0.15, 0.2) is 81.7 Å². The monoisotopic (exact) mass is 826 g/mol. The summed E-state index contributed by atoms with van der Waals surface area (Å²) in [5, 5.41) is 2.30. The van der Waals surface area contributed by atoms with E-state index in [1.54, 1.807) is 26.8 Å². The van der Waals surface area contributed by atoms with Crippen LogP contribution in [-0.4, -0.2) is 83.0 Å². The molecule has 1 saturated heterocycles. The van der Waals surface area contributed by atoms with E-state index in [0.717, 1.165) is 4.57 Å². The number of ether oxygens (including phenoxy) is 4. The number of esters is 3. The van der Waals surface area contributed by atoms with E-state index in [2.05, 4.69) is 21.9 Å². The lowest BCUT2D eigenvalue weighted by Gasteiger charge is -2.25. The Morgan fingerprint density at radius 2 is 1.63 bits per heavy atom. The van der Waals surface area contributed by atoms with Crippen LogP contribution in [0.2, 0.25) is 5.02 Å². The summed E-state index contributed by atoms with van der Waals surface area (Å²) < 4.78 is 49.5. The summed E-state index contributed by atoms with van der Waals surface area (Å²) in [5.74, 6) is -2.52. The van der Waals surface area contributed by atoms with Crippen molar-refractivity contribution in [1.29, 1.82) is 0 Å². The van der Waals surface area contributed by atoms with Crippen LogP contribution >= 0.6 is 11.6 Å². The molecule has 0 bridgehead atoms. The molecular weight excluding hydrogens is 788 g/mol. The number of carbonyl (C=O) groups excluding carboxylic acids is 4. The van der Waals surface area contributed by atoms with E-state index in [-0.39, 0.29) is 52.5 Å². The van der Waals surface area contributed by atoms with Crippen LogP contribution in [0.4, 0.5) is 10.7 Å². The minimum Gasteiger partial charge on any atom is -0.459 e. The second-order valence-corrected chi connectivity index (χ2v) is 14.9. The standard InChI is InChI=1S/C20H21ClN2O6.C17H18N4O6S/c1-6-9-28-18(26)20(3,4)29-17(25)14-11-13(7-8-15(14)21)23-16(24)10-12(2)22(5)19(23)27;1-10-7-11(2)19-16(18-10)20-17(23)21-28(24,25)14-6-4-3-5-13(14)15(22)27-12-8-26-9-12/h6-8,10-11H,1,9H2,2-5H3;3-7,12H,8-9H2,1-2H3,(H2,18,19,20,21,23). The molecule has 57 heavy (non-hydrogen) atoms. The number of nitrogens with zero attached hydrogens (tertiary/aromatic N) is 4. The molecule has 2 N–H and O–H groups in total. The highest BCUT2D eigenvalue weighted by Crippen LogP contribution is 2.23. The van der Waals surface area contributed by atoms with Crippen molar-refractivity contribution in [3.05, 3.63) is 121 Å². The van der Waals surface area contributed by atoms with Gasteiger partial charge in [-0.15, -0.1) is 0 Å². The number of aromatic nitrogens is 4. The van der Waals surface area contributed by atoms with Gasteiger partial charge in [0.1, 0.15) is 17.6 Å². The molecule has 302 valence electrons. The van der Waals surface area contributed by atoms with E-state index in [1.807, 2.05) is 4.72 Å². The van der Waals surface area contributed by atoms with Gasteiger partial charge in [-0.3, -0.25) is 10.1 Å². The van der Waals surface area contributed by atoms with E-state index < -0.39 is 56.9 Å². The molecule has 1 fully saturated rings. The summed E-state index contributed by atoms with van der Waals surface area (Å²) in [4.78, 5) is 81.6. The van der Waals surface area contributed by atoms with Crippen molar-refractivity contribution in [3.8, 4) is 5.69 Å². The van der Waals surface area contributed by atoms with E-state index in [9.17, 15) is 37.2 Å². The summed E-state index contributed by atoms with van der Waals surface area (Å²) in [6, 6.07) is 11.4. The van der Waals surface area contributed by atoms with Crippen LogP contribution in [0.5, 0.6) is 0 Å². The number of carbonyl (C=O) groups is 4. The second kappa shape index (κ2) is 18.2. The zero-order valence-electron chi connectivity index (χ0n) is 31.7. The number of anilines is 1. The SMILES string of the molecule is C=CCOC(=O)C(C)(C)OC(=O)c1cc(-n2c(=O)cc(C)n(C)c2=O)ccc1Cl.Cc1cc(C)nc(NC(=O)NS(=O)(=O)c2ccccc2C(=O)OC2COC2)n1. The fraction of sp³-hybridized carbons (Fsp3) is 0.297. The molecule has 0 unspecified atom stereocenters. The largest absolute Gasteiger partial charge is 0.459 e. The Morgan fingerprint density at radius 3 is 2.25 bits per heavy atom. The molecule has 20 heteroatoms. The van der Waals surface area contributed by atoms with Crippen molar-refractivity contribution in [3.63, 3.8) is 0 Å². The lowest BCUT2D eigenvalue weighted by molar-refractivity contribution is -0.161. The number of benzene rings is 2. The summed E-state index contributed by atoms with van der Waals surface area (Å²) in [7, 11) is -2.83. The third-order valence-electron chi connectivity index (χ3n) is 7.87. The van der Waals surface area contributed by atoms with Gasteiger partial charge in [0.05, 0.1) is 35.1 Å². The quantitative estimate of drug-likeness (QED) is 0.126. The van der Waals surface area contributed by atoms with Crippen molar-refractivity contribution in [2.24, 2.45) is 7.05 Å². The molecule has 0 spiro atoms. The molecule has 3 heterocycles. The zero-order chi connectivity index (χ0) is 42.2. The van der Waals surface area contributed by atoms with Crippen LogP contribution in [0, 0.1) is 20.8 Å². The first kappa shape index (κ1) is 43.5. The van der Waals surface area contributed by atoms with Crippen molar-refractivity contribution in [2.75, 3.05) is 25.1 Å². The first-order valence-electron chi connectivity index (χ1n) is 16.9. The Hall–Kier alpha value is -6.18. The average Bonchev–Trinajstić information content (AvgIpc) is 3.11. The summed E-state index contributed by atoms with van der Waals surface area (Å²) in [6.45, 7) is 11.7. The maximum Gasteiger partial charge on any atom is 0.350 e. The first-order valence-corrected chi connectivity index (χ1v) is 18.7. The Balaban J connectivity index is 0.000000253. The Kier molecular flexibility index (Phi) is 13.9. The van der Waals surface area contributed by atoms with Gasteiger partial charge in [-0.25, -0.2) is 51.6 Å². The molecule has 5 rings (SSSR count). The number of amides is 2. The lowest BCUT2D eigenvalue weighted by atomic mass is 10.1. The van der Waals surface area contributed by atoms with Crippen LogP contribution in [0.3, 0.4) is 0 Å². The van der Waals surface area contributed by atoms with Gasteiger partial charge in [0.25, 0.3) is 15.6 Å². The van der Waals surface area contributed by atoms with E-state index in [1.165, 1.54) is 80.1 Å². The Bertz CT molecular complexity index is 2440. The molecular formula is C37H39ClN6O12S. The highest BCUT2D eigenvalue weighted by molar-refractivity contribution is 7.90. The van der Waals surface area contributed by atoms with Gasteiger partial charge < -0.3 is 23.5 Å². The van der Waals surface area contributed by atoms with E-state index in [4.69, 9.17) is 30.5 Å². The Morgan fingerprint density at radius 1 is 0.982 bits per heavy atom. The minimum atomic E-state index is -4.35. The number of urea groups is 1. The number of aryl methyl sites for hydroxylation is 3. The number of hydrogen-bond donors (Lipinski definition) is 2. The number of halogens is 1. The van der Waals surface area contributed by atoms with Gasteiger partial charge in [0, 0.05) is 30.2 Å². The summed E-state index contributed by atoms with van der Waals surface area (Å²) in [5.41, 5.74) is -1.16. The van der Waals surface area contributed by atoms with Gasteiger partial charge in [0.15, 0.2) is 0 Å². The molecule has 0 radical (unpaired) electrons. The fourth-order valence-electron chi connectivity index (χ4n) is 4.87. The number of sulfonamides is 1. The maximum absolute atomic E-state index is 12.6. The molecule has 2 aromatic carbocycles. The number of rotatable bonds is 11. The molecule has 2 amide bonds. The molecule has 0 saturated carbocycles. The zero-order valence-corrected chi connectivity index (χ0v) is 33.2. The molecule has 1 aliphatic heterocycles. The molecule has 2 aromatic heterocycles. The maximum atomic E-state index is 12.6. The lowest BCUT2D eigenvalue weighted by Crippen LogP contribution is -2.39. The second-order valence-electron chi connectivity index (χ2n) is 12.8. The van der Waals surface area contributed by atoms with Crippen molar-refractivity contribution >= 4 is 51.5 Å². The first-order chi connectivity index (χ1) is 26.7. The third-order valence-corrected chi connectivity index (χ3v) is 9.59. The Labute approximate surface area is 331 Å². The van der Waals surface area contributed by atoms with Gasteiger partial charge in [-0.05, 0) is 71.0 Å². The number of hydrogen-bond acceptors (Lipinski definition) is 14. The predicted octanol–water partition coefficient (Wildman–Crippen LogP) is 3.32.